The van der Waals surface area contributed by atoms with Gasteiger partial charge in [0.2, 0.25) is 0 Å². The summed E-state index contributed by atoms with van der Waals surface area (Å²) in [5, 5.41) is 6.45. The number of aryl methyl sites for hydroxylation is 1. The summed E-state index contributed by atoms with van der Waals surface area (Å²) in [5.41, 5.74) is 3.19. The Morgan fingerprint density at radius 2 is 1.83 bits per heavy atom. The van der Waals surface area contributed by atoms with Crippen molar-refractivity contribution in [1.82, 2.24) is 19.9 Å². The number of carbonyl (C=O) groups is 4. The van der Waals surface area contributed by atoms with Crippen molar-refractivity contribution in [2.45, 2.75) is 39.7 Å². The highest BCUT2D eigenvalue weighted by molar-refractivity contribution is 5.98. The normalized spacial score (nSPS) is 12.0. The molecule has 0 spiro atoms. The van der Waals surface area contributed by atoms with Gasteiger partial charge >= 0.3 is 5.97 Å². The summed E-state index contributed by atoms with van der Waals surface area (Å²) >= 11 is 0. The Morgan fingerprint density at radius 1 is 1.10 bits per heavy atom. The van der Waals surface area contributed by atoms with Crippen molar-refractivity contribution in [2.75, 3.05) is 13.7 Å². The van der Waals surface area contributed by atoms with Crippen molar-refractivity contribution in [3.8, 4) is 5.75 Å². The first kappa shape index (κ1) is 29.1. The van der Waals surface area contributed by atoms with Crippen LogP contribution in [0.5, 0.6) is 5.75 Å². The van der Waals surface area contributed by atoms with Gasteiger partial charge in [-0.2, -0.15) is 5.10 Å². The SMILES string of the molecule is CC(=O)c1cc(C(=O)NCc2ccc3c(c2)CC(=O)CO3)nc2c(F)cnn12.CCCc1ccc(C(=O)OC)cc1. The van der Waals surface area contributed by atoms with Crippen LogP contribution in [0.25, 0.3) is 5.65 Å². The molecule has 4 aromatic rings. The van der Waals surface area contributed by atoms with E-state index in [-0.39, 0.29) is 54.1 Å². The fourth-order valence-electron chi connectivity index (χ4n) is 4.23. The first-order valence-electron chi connectivity index (χ1n) is 13.0. The third-order valence-electron chi connectivity index (χ3n) is 6.29. The number of nitrogens with zero attached hydrogens (tertiary/aromatic N) is 3. The molecule has 1 aliphatic heterocycles. The molecule has 2 aromatic carbocycles. The van der Waals surface area contributed by atoms with Crippen molar-refractivity contribution >= 4 is 29.1 Å². The number of carbonyl (C=O) groups excluding carboxylic acids is 4. The number of rotatable bonds is 7. The van der Waals surface area contributed by atoms with Crippen molar-refractivity contribution in [3.05, 3.63) is 94.2 Å². The third-order valence-corrected chi connectivity index (χ3v) is 6.29. The summed E-state index contributed by atoms with van der Waals surface area (Å²) in [6, 6.07) is 14.1. The molecule has 0 aliphatic carbocycles. The van der Waals surface area contributed by atoms with Crippen LogP contribution in [0.15, 0.2) is 54.7 Å². The maximum Gasteiger partial charge on any atom is 0.337 e. The molecule has 1 aliphatic rings. The second-order valence-electron chi connectivity index (χ2n) is 9.38. The molecule has 0 bridgehead atoms. The van der Waals surface area contributed by atoms with E-state index in [4.69, 9.17) is 4.74 Å². The van der Waals surface area contributed by atoms with E-state index >= 15 is 0 Å². The van der Waals surface area contributed by atoms with Gasteiger partial charge in [-0.25, -0.2) is 18.7 Å². The highest BCUT2D eigenvalue weighted by Gasteiger charge is 2.19. The summed E-state index contributed by atoms with van der Waals surface area (Å²) < 4.78 is 24.9. The van der Waals surface area contributed by atoms with Crippen LogP contribution in [-0.4, -0.2) is 51.8 Å². The first-order chi connectivity index (χ1) is 19.7. The number of aromatic nitrogens is 3. The van der Waals surface area contributed by atoms with Crippen molar-refractivity contribution in [3.63, 3.8) is 0 Å². The van der Waals surface area contributed by atoms with Gasteiger partial charge in [-0.05, 0) is 47.9 Å². The van der Waals surface area contributed by atoms with Crippen LogP contribution in [-0.2, 0) is 28.9 Å². The van der Waals surface area contributed by atoms with Gasteiger partial charge in [0, 0.05) is 25.5 Å². The third kappa shape index (κ3) is 6.99. The number of halogens is 1. The topological polar surface area (TPSA) is 129 Å². The summed E-state index contributed by atoms with van der Waals surface area (Å²) in [6.07, 6.45) is 3.41. The zero-order chi connectivity index (χ0) is 29.5. The fourth-order valence-corrected chi connectivity index (χ4v) is 4.23. The number of fused-ring (bicyclic) bond motifs is 2. The lowest BCUT2D eigenvalue weighted by molar-refractivity contribution is -0.121. The van der Waals surface area contributed by atoms with Crippen LogP contribution >= 0.6 is 0 Å². The Bertz CT molecular complexity index is 1610. The molecular formula is C30H29FN4O6. The van der Waals surface area contributed by atoms with Gasteiger partial charge in [-0.1, -0.05) is 31.5 Å². The predicted molar refractivity (Wildman–Crippen MR) is 147 cm³/mol. The molecule has 11 heteroatoms. The van der Waals surface area contributed by atoms with Crippen molar-refractivity contribution < 1.29 is 33.0 Å². The maximum absolute atomic E-state index is 13.8. The van der Waals surface area contributed by atoms with Crippen LogP contribution in [0.3, 0.4) is 0 Å². The van der Waals surface area contributed by atoms with Gasteiger partial charge in [0.25, 0.3) is 5.91 Å². The molecular weight excluding hydrogens is 531 g/mol. The molecule has 0 radical (unpaired) electrons. The first-order valence-corrected chi connectivity index (χ1v) is 13.0. The number of nitrogens with one attached hydrogen (secondary N) is 1. The number of hydrogen-bond acceptors (Lipinski definition) is 8. The molecule has 1 N–H and O–H groups in total. The highest BCUT2D eigenvalue weighted by atomic mass is 19.1. The monoisotopic (exact) mass is 560 g/mol. The van der Waals surface area contributed by atoms with E-state index < -0.39 is 11.7 Å². The Morgan fingerprint density at radius 3 is 2.51 bits per heavy atom. The average Bonchev–Trinajstić information content (AvgIpc) is 3.35. The van der Waals surface area contributed by atoms with Gasteiger partial charge in [0.1, 0.15) is 23.7 Å². The molecule has 0 saturated carbocycles. The summed E-state index contributed by atoms with van der Waals surface area (Å²) in [4.78, 5) is 50.8. The summed E-state index contributed by atoms with van der Waals surface area (Å²) in [5.74, 6) is -1.28. The van der Waals surface area contributed by atoms with Gasteiger partial charge < -0.3 is 14.8 Å². The van der Waals surface area contributed by atoms with E-state index in [1.54, 1.807) is 30.3 Å². The molecule has 41 heavy (non-hydrogen) atoms. The minimum absolute atomic E-state index is 0.00853. The zero-order valence-corrected chi connectivity index (χ0v) is 22.9. The number of methoxy groups -OCH3 is 1. The molecule has 2 aromatic heterocycles. The minimum Gasteiger partial charge on any atom is -0.486 e. The summed E-state index contributed by atoms with van der Waals surface area (Å²) in [7, 11) is 1.39. The number of Topliss-reactive ketones (excluding diaryl/α,β-unsaturated/α-hetero) is 2. The van der Waals surface area contributed by atoms with Gasteiger partial charge in [-0.3, -0.25) is 14.4 Å². The maximum atomic E-state index is 13.8. The van der Waals surface area contributed by atoms with Crippen LogP contribution < -0.4 is 10.1 Å². The molecule has 10 nitrogen and oxygen atoms in total. The Hall–Kier alpha value is -4.93. The summed E-state index contributed by atoms with van der Waals surface area (Å²) in [6.45, 7) is 3.67. The van der Waals surface area contributed by atoms with E-state index in [2.05, 4.69) is 27.1 Å². The van der Waals surface area contributed by atoms with Crippen molar-refractivity contribution in [2.24, 2.45) is 0 Å². The fraction of sp³-hybridized carbons (Fsp3) is 0.267. The number of benzene rings is 2. The van der Waals surface area contributed by atoms with Gasteiger partial charge in [0.15, 0.2) is 23.0 Å². The molecule has 212 valence electrons. The lowest BCUT2D eigenvalue weighted by Crippen LogP contribution is -2.25. The smallest absolute Gasteiger partial charge is 0.337 e. The quantitative estimate of drug-likeness (QED) is 0.266. The van der Waals surface area contributed by atoms with Crippen LogP contribution in [0, 0.1) is 5.82 Å². The Kier molecular flexibility index (Phi) is 9.18. The van der Waals surface area contributed by atoms with Crippen LogP contribution in [0.2, 0.25) is 0 Å². The second-order valence-corrected chi connectivity index (χ2v) is 9.38. The average molecular weight is 561 g/mol. The Balaban J connectivity index is 0.000000251. The molecule has 3 heterocycles. The lowest BCUT2D eigenvalue weighted by atomic mass is 10.0. The largest absolute Gasteiger partial charge is 0.486 e. The van der Waals surface area contributed by atoms with E-state index in [0.29, 0.717) is 11.3 Å². The molecule has 0 saturated heterocycles. The standard InChI is InChI=1S/C19H15FN4O4.C11H14O2/c1-10(25)16-6-15(23-18-14(20)8-22-24(16)18)19(27)21-7-11-2-3-17-12(4-11)5-13(26)9-28-17;1-3-4-9-5-7-10(8-6-9)11(12)13-2/h2-4,6,8H,5,7,9H2,1H3,(H,21,27);5-8H,3-4H2,1-2H3. The number of amides is 1. The predicted octanol–water partition coefficient (Wildman–Crippen LogP) is 3.93. The number of esters is 1. The van der Waals surface area contributed by atoms with Gasteiger partial charge in [-0.15, -0.1) is 0 Å². The minimum atomic E-state index is -0.725. The number of ether oxygens (including phenoxy) is 2. The van der Waals surface area contributed by atoms with E-state index in [0.717, 1.165) is 34.7 Å². The van der Waals surface area contributed by atoms with E-state index in [1.165, 1.54) is 25.7 Å². The number of ketones is 2. The second kappa shape index (κ2) is 12.9. The highest BCUT2D eigenvalue weighted by Crippen LogP contribution is 2.24. The molecule has 5 rings (SSSR count). The van der Waals surface area contributed by atoms with Gasteiger partial charge in [0.05, 0.1) is 18.9 Å². The molecule has 1 amide bonds. The van der Waals surface area contributed by atoms with Crippen molar-refractivity contribution in [1.29, 1.82) is 0 Å². The molecule has 0 fully saturated rings. The zero-order valence-electron chi connectivity index (χ0n) is 22.9. The van der Waals surface area contributed by atoms with Crippen LogP contribution in [0.1, 0.15) is 68.3 Å². The Labute approximate surface area is 235 Å². The number of hydrogen-bond donors (Lipinski definition) is 1. The molecule has 0 atom stereocenters. The lowest BCUT2D eigenvalue weighted by Gasteiger charge is -2.17. The van der Waals surface area contributed by atoms with Crippen LogP contribution in [0.4, 0.5) is 4.39 Å². The van der Waals surface area contributed by atoms with E-state index in [9.17, 15) is 23.6 Å². The molecule has 0 unspecified atom stereocenters. The van der Waals surface area contributed by atoms with E-state index in [1.807, 2.05) is 12.1 Å².